The number of hydrogen-bond acceptors (Lipinski definition) is 6. The molecule has 0 unspecified atom stereocenters. The maximum Gasteiger partial charge on any atom is 0.340 e. The van der Waals surface area contributed by atoms with Gasteiger partial charge in [-0.1, -0.05) is 83.9 Å². The number of carbonyl (C=O) groups excluding carboxylic acids is 2. The van der Waals surface area contributed by atoms with Crippen molar-refractivity contribution in [3.8, 4) is 0 Å². The fourth-order valence-electron chi connectivity index (χ4n) is 5.94. The first-order chi connectivity index (χ1) is 23.0. The summed E-state index contributed by atoms with van der Waals surface area (Å²) in [5, 5.41) is 0. The Balaban J connectivity index is 1.82. The molecular formula is C42H44N2O4. The molecule has 0 saturated carbocycles. The highest BCUT2D eigenvalue weighted by Gasteiger charge is 2.29. The average Bonchev–Trinajstić information content (AvgIpc) is 3.09. The zero-order chi connectivity index (χ0) is 34.5. The van der Waals surface area contributed by atoms with Crippen LogP contribution in [-0.4, -0.2) is 26.2 Å². The van der Waals surface area contributed by atoms with Crippen molar-refractivity contribution in [3.63, 3.8) is 0 Å². The molecule has 0 atom stereocenters. The topological polar surface area (TPSA) is 59.1 Å². The van der Waals surface area contributed by atoms with Crippen LogP contribution in [-0.2, 0) is 22.6 Å². The van der Waals surface area contributed by atoms with E-state index in [1.54, 1.807) is 12.1 Å². The summed E-state index contributed by atoms with van der Waals surface area (Å²) < 4.78 is 10.8. The molecule has 0 radical (unpaired) electrons. The molecule has 48 heavy (non-hydrogen) atoms. The molecule has 0 fully saturated rings. The van der Waals surface area contributed by atoms with Crippen molar-refractivity contribution in [1.29, 1.82) is 0 Å². The average molecular weight is 641 g/mol. The van der Waals surface area contributed by atoms with Gasteiger partial charge in [0, 0.05) is 24.5 Å². The first kappa shape index (κ1) is 34.0. The molecule has 0 aromatic heterocycles. The fourth-order valence-corrected chi connectivity index (χ4v) is 5.94. The number of anilines is 4. The van der Waals surface area contributed by atoms with Crippen molar-refractivity contribution in [2.45, 2.75) is 54.6 Å². The lowest BCUT2D eigenvalue weighted by atomic mass is 9.99. The van der Waals surface area contributed by atoms with Gasteiger partial charge < -0.3 is 19.3 Å². The minimum atomic E-state index is -0.502. The number of nitrogens with zero attached hydrogens (tertiary/aromatic N) is 2. The number of carbonyl (C=O) groups is 2. The third-order valence-corrected chi connectivity index (χ3v) is 8.74. The number of benzene rings is 5. The van der Waals surface area contributed by atoms with Crippen LogP contribution in [0.5, 0.6) is 0 Å². The van der Waals surface area contributed by atoms with Gasteiger partial charge in [-0.15, -0.1) is 0 Å². The number of rotatable bonds is 10. The lowest BCUT2D eigenvalue weighted by Gasteiger charge is -2.33. The van der Waals surface area contributed by atoms with E-state index in [2.05, 4.69) is 109 Å². The molecule has 0 aliphatic heterocycles. The van der Waals surface area contributed by atoms with Gasteiger partial charge in [0.2, 0.25) is 0 Å². The summed E-state index contributed by atoms with van der Waals surface area (Å²) in [7, 11) is 2.77. The molecule has 5 aromatic rings. The predicted octanol–water partition coefficient (Wildman–Crippen LogP) is 9.79. The van der Waals surface area contributed by atoms with Crippen LogP contribution in [0.25, 0.3) is 0 Å². The van der Waals surface area contributed by atoms with Crippen LogP contribution in [0.3, 0.4) is 0 Å². The van der Waals surface area contributed by atoms with Gasteiger partial charge in [-0.3, -0.25) is 0 Å². The lowest BCUT2D eigenvalue weighted by molar-refractivity contribution is 0.0588. The van der Waals surface area contributed by atoms with E-state index in [9.17, 15) is 9.59 Å². The van der Waals surface area contributed by atoms with Gasteiger partial charge in [-0.25, -0.2) is 9.59 Å². The van der Waals surface area contributed by atoms with E-state index >= 15 is 0 Å². The highest BCUT2D eigenvalue weighted by molar-refractivity contribution is 6.05. The number of ether oxygens (including phenoxy) is 2. The fraction of sp³-hybridized carbons (Fsp3) is 0.238. The SMILES string of the molecule is COC(=O)c1cc(N(Cc2ccc(C)cc2)c2cc(C)ccc2C)c(C(=O)OC)cc1N(Cc1ccc(C)cc1)c1cc(C)ccc1C. The maximum atomic E-state index is 13.8. The monoisotopic (exact) mass is 640 g/mol. The van der Waals surface area contributed by atoms with Crippen LogP contribution in [0, 0.1) is 41.5 Å². The third kappa shape index (κ3) is 7.44. The third-order valence-electron chi connectivity index (χ3n) is 8.74. The Morgan fingerprint density at radius 3 is 1.12 bits per heavy atom. The highest BCUT2D eigenvalue weighted by Crippen LogP contribution is 2.41. The van der Waals surface area contributed by atoms with Crippen molar-refractivity contribution in [2.75, 3.05) is 24.0 Å². The number of hydrogen-bond donors (Lipinski definition) is 0. The maximum absolute atomic E-state index is 13.8. The molecule has 0 bridgehead atoms. The molecule has 0 spiro atoms. The Bertz CT molecular complexity index is 1800. The first-order valence-electron chi connectivity index (χ1n) is 16.1. The first-order valence-corrected chi connectivity index (χ1v) is 16.1. The van der Waals surface area contributed by atoms with Gasteiger partial charge in [0.15, 0.2) is 0 Å². The lowest BCUT2D eigenvalue weighted by Crippen LogP contribution is -2.25. The van der Waals surface area contributed by atoms with Crippen molar-refractivity contribution in [1.82, 2.24) is 0 Å². The van der Waals surface area contributed by atoms with Crippen molar-refractivity contribution in [2.24, 2.45) is 0 Å². The Morgan fingerprint density at radius 1 is 0.458 bits per heavy atom. The van der Waals surface area contributed by atoms with Gasteiger partial charge >= 0.3 is 11.9 Å². The largest absolute Gasteiger partial charge is 0.465 e. The van der Waals surface area contributed by atoms with E-state index in [0.29, 0.717) is 35.6 Å². The Kier molecular flexibility index (Phi) is 10.3. The zero-order valence-corrected chi connectivity index (χ0v) is 29.2. The van der Waals surface area contributed by atoms with Crippen LogP contribution in [0.15, 0.2) is 97.1 Å². The molecule has 6 heteroatoms. The summed E-state index contributed by atoms with van der Waals surface area (Å²) in [6.07, 6.45) is 0. The molecular weight excluding hydrogens is 596 g/mol. The normalized spacial score (nSPS) is 10.8. The molecule has 6 nitrogen and oxygen atoms in total. The molecule has 0 heterocycles. The zero-order valence-electron chi connectivity index (χ0n) is 29.2. The number of esters is 2. The van der Waals surface area contributed by atoms with E-state index in [1.807, 2.05) is 27.7 Å². The van der Waals surface area contributed by atoms with Crippen LogP contribution in [0.1, 0.15) is 65.2 Å². The predicted molar refractivity (Wildman–Crippen MR) is 195 cm³/mol. The van der Waals surface area contributed by atoms with Crippen LogP contribution in [0.4, 0.5) is 22.7 Å². The summed E-state index contributed by atoms with van der Waals surface area (Å²) in [5.74, 6) is -1.00. The standard InChI is InChI=1S/C42H44N2O4/c1-27-11-17-33(18-12-27)25-43(37-21-29(3)9-15-31(37)5)39-23-36(42(46)48-8)40(24-35(39)41(45)47-7)44(26-34-19-13-28(2)14-20-34)38-22-30(4)10-16-32(38)6/h9-24H,25-26H2,1-8H3. The Morgan fingerprint density at radius 2 is 0.792 bits per heavy atom. The van der Waals surface area contributed by atoms with Gasteiger partial charge in [0.1, 0.15) is 0 Å². The van der Waals surface area contributed by atoms with Gasteiger partial charge in [0.05, 0.1) is 36.7 Å². The molecule has 0 aliphatic carbocycles. The van der Waals surface area contributed by atoms with E-state index in [1.165, 1.54) is 14.2 Å². The summed E-state index contributed by atoms with van der Waals surface area (Å²) in [6.45, 7) is 13.2. The quantitative estimate of drug-likeness (QED) is 0.142. The molecule has 0 N–H and O–H groups in total. The smallest absolute Gasteiger partial charge is 0.340 e. The molecule has 0 amide bonds. The molecule has 246 valence electrons. The van der Waals surface area contributed by atoms with Crippen LogP contribution in [0.2, 0.25) is 0 Å². The van der Waals surface area contributed by atoms with E-state index in [-0.39, 0.29) is 0 Å². The van der Waals surface area contributed by atoms with Crippen LogP contribution >= 0.6 is 0 Å². The number of methoxy groups -OCH3 is 2. The van der Waals surface area contributed by atoms with Crippen LogP contribution < -0.4 is 9.80 Å². The Hall–Kier alpha value is -5.36. The minimum Gasteiger partial charge on any atom is -0.465 e. The van der Waals surface area contributed by atoms with Crippen molar-refractivity contribution >= 4 is 34.7 Å². The molecule has 0 saturated heterocycles. The highest BCUT2D eigenvalue weighted by atomic mass is 16.5. The summed E-state index contributed by atoms with van der Waals surface area (Å²) in [5.41, 5.74) is 12.3. The van der Waals surface area contributed by atoms with Crippen molar-refractivity contribution in [3.05, 3.63) is 153 Å². The van der Waals surface area contributed by atoms with Gasteiger partial charge in [-0.2, -0.15) is 0 Å². The van der Waals surface area contributed by atoms with Gasteiger partial charge in [-0.05, 0) is 99.2 Å². The van der Waals surface area contributed by atoms with Crippen molar-refractivity contribution < 1.29 is 19.1 Å². The van der Waals surface area contributed by atoms with E-state index < -0.39 is 11.9 Å². The minimum absolute atomic E-state index is 0.340. The molecule has 5 rings (SSSR count). The second kappa shape index (κ2) is 14.6. The van der Waals surface area contributed by atoms with Gasteiger partial charge in [0.25, 0.3) is 0 Å². The van der Waals surface area contributed by atoms with E-state index in [0.717, 1.165) is 55.9 Å². The summed E-state index contributed by atoms with van der Waals surface area (Å²) >= 11 is 0. The molecule has 5 aromatic carbocycles. The summed E-state index contributed by atoms with van der Waals surface area (Å²) in [6, 6.07) is 32.7. The molecule has 0 aliphatic rings. The Labute approximate surface area is 284 Å². The second-order valence-corrected chi connectivity index (χ2v) is 12.6. The number of aryl methyl sites for hydroxylation is 6. The summed E-state index contributed by atoms with van der Waals surface area (Å²) in [4.78, 5) is 31.8. The second-order valence-electron chi connectivity index (χ2n) is 12.6. The van der Waals surface area contributed by atoms with E-state index in [4.69, 9.17) is 9.47 Å².